The summed E-state index contributed by atoms with van der Waals surface area (Å²) in [5, 5.41) is 9.57. The van der Waals surface area contributed by atoms with Crippen molar-refractivity contribution in [2.24, 2.45) is 0 Å². The number of nitrogens with one attached hydrogen (secondary N) is 2. The number of hydrogen-bond donors (Lipinski definition) is 2. The van der Waals surface area contributed by atoms with Gasteiger partial charge in [0.05, 0.1) is 5.69 Å². The predicted octanol–water partition coefficient (Wildman–Crippen LogP) is 2.95. The smallest absolute Gasteiger partial charge is 0.315 e. The first kappa shape index (κ1) is 16.1. The van der Waals surface area contributed by atoms with Crippen LogP contribution in [0, 0.1) is 27.7 Å². The molecule has 5 nitrogen and oxygen atoms in total. The maximum Gasteiger partial charge on any atom is 0.315 e. The molecule has 0 atom stereocenters. The topological polar surface area (TPSA) is 67.2 Å². The molecule has 1 heterocycles. The predicted molar refractivity (Wildman–Crippen MR) is 85.8 cm³/mol. The minimum atomic E-state index is -0.176. The Labute approximate surface area is 131 Å². The van der Waals surface area contributed by atoms with E-state index in [0.717, 1.165) is 23.4 Å². The highest BCUT2D eigenvalue weighted by Crippen LogP contribution is 2.12. The number of amides is 2. The van der Waals surface area contributed by atoms with Gasteiger partial charge in [-0.2, -0.15) is 0 Å². The van der Waals surface area contributed by atoms with Crippen molar-refractivity contribution in [2.75, 3.05) is 6.54 Å². The van der Waals surface area contributed by atoms with Crippen molar-refractivity contribution in [1.82, 2.24) is 15.8 Å². The van der Waals surface area contributed by atoms with Gasteiger partial charge < -0.3 is 15.2 Å². The van der Waals surface area contributed by atoms with E-state index in [1.807, 2.05) is 13.8 Å². The molecule has 0 aliphatic rings. The number of hydrogen-bond acceptors (Lipinski definition) is 3. The zero-order chi connectivity index (χ0) is 16.1. The molecule has 1 aromatic carbocycles. The van der Waals surface area contributed by atoms with Gasteiger partial charge in [-0.3, -0.25) is 0 Å². The lowest BCUT2D eigenvalue weighted by atomic mass is 10.0. The molecule has 2 rings (SSSR count). The first-order chi connectivity index (χ1) is 10.5. The van der Waals surface area contributed by atoms with Crippen LogP contribution in [0.25, 0.3) is 0 Å². The standard InChI is InChI=1S/C17H23N3O2/c1-11-5-6-15(12(2)9-11)7-8-18-17(21)19-10-16-13(3)20-22-14(16)4/h5-6,9H,7-8,10H2,1-4H3,(H2,18,19,21). The van der Waals surface area contributed by atoms with Gasteiger partial charge in [0.2, 0.25) is 0 Å². The zero-order valence-corrected chi connectivity index (χ0v) is 13.6. The van der Waals surface area contributed by atoms with E-state index in [0.29, 0.717) is 13.1 Å². The lowest BCUT2D eigenvalue weighted by molar-refractivity contribution is 0.240. The Morgan fingerprint density at radius 3 is 2.59 bits per heavy atom. The molecule has 0 radical (unpaired) electrons. The van der Waals surface area contributed by atoms with Crippen molar-refractivity contribution in [2.45, 2.75) is 40.7 Å². The van der Waals surface area contributed by atoms with Crippen LogP contribution in [0.1, 0.15) is 33.7 Å². The van der Waals surface area contributed by atoms with Gasteiger partial charge in [0.15, 0.2) is 0 Å². The lowest BCUT2D eigenvalue weighted by Crippen LogP contribution is -2.36. The first-order valence-electron chi connectivity index (χ1n) is 7.47. The van der Waals surface area contributed by atoms with E-state index in [1.54, 1.807) is 0 Å². The third-order valence-corrected chi connectivity index (χ3v) is 3.78. The number of aromatic nitrogens is 1. The summed E-state index contributed by atoms with van der Waals surface area (Å²) in [7, 11) is 0. The normalized spacial score (nSPS) is 10.5. The molecule has 2 amide bonds. The second-order valence-electron chi connectivity index (χ2n) is 5.59. The minimum Gasteiger partial charge on any atom is -0.361 e. The Kier molecular flexibility index (Phi) is 5.20. The average Bonchev–Trinajstić information content (AvgIpc) is 2.78. The van der Waals surface area contributed by atoms with Crippen LogP contribution in [0.2, 0.25) is 0 Å². The van der Waals surface area contributed by atoms with Gasteiger partial charge in [0, 0.05) is 18.7 Å². The Morgan fingerprint density at radius 2 is 1.95 bits per heavy atom. The molecule has 0 aliphatic heterocycles. The van der Waals surface area contributed by atoms with E-state index in [4.69, 9.17) is 4.52 Å². The van der Waals surface area contributed by atoms with Crippen LogP contribution < -0.4 is 10.6 Å². The third kappa shape index (κ3) is 4.10. The molecular formula is C17H23N3O2. The summed E-state index contributed by atoms with van der Waals surface area (Å²) in [6.07, 6.45) is 0.824. The van der Waals surface area contributed by atoms with Crippen molar-refractivity contribution in [3.63, 3.8) is 0 Å². The molecule has 22 heavy (non-hydrogen) atoms. The molecule has 0 bridgehead atoms. The van der Waals surface area contributed by atoms with Crippen LogP contribution in [-0.4, -0.2) is 17.7 Å². The minimum absolute atomic E-state index is 0.176. The highest BCUT2D eigenvalue weighted by atomic mass is 16.5. The van der Waals surface area contributed by atoms with Crippen LogP contribution in [0.5, 0.6) is 0 Å². The Hall–Kier alpha value is -2.30. The number of carbonyl (C=O) groups is 1. The van der Waals surface area contributed by atoms with Gasteiger partial charge in [0.1, 0.15) is 5.76 Å². The molecule has 118 valence electrons. The van der Waals surface area contributed by atoms with Gasteiger partial charge in [0.25, 0.3) is 0 Å². The van der Waals surface area contributed by atoms with Crippen LogP contribution >= 0.6 is 0 Å². The number of carbonyl (C=O) groups excluding carboxylic acids is 1. The molecular weight excluding hydrogens is 278 g/mol. The SMILES string of the molecule is Cc1ccc(CCNC(=O)NCc2c(C)noc2C)c(C)c1. The highest BCUT2D eigenvalue weighted by Gasteiger charge is 2.10. The summed E-state index contributed by atoms with van der Waals surface area (Å²) >= 11 is 0. The number of urea groups is 1. The van der Waals surface area contributed by atoms with E-state index >= 15 is 0 Å². The highest BCUT2D eigenvalue weighted by molar-refractivity contribution is 5.73. The second kappa shape index (κ2) is 7.11. The molecule has 0 saturated carbocycles. The largest absolute Gasteiger partial charge is 0.361 e. The molecule has 0 fully saturated rings. The van der Waals surface area contributed by atoms with Crippen molar-refractivity contribution < 1.29 is 9.32 Å². The number of nitrogens with zero attached hydrogens (tertiary/aromatic N) is 1. The fraction of sp³-hybridized carbons (Fsp3) is 0.412. The van der Waals surface area contributed by atoms with Crippen molar-refractivity contribution in [3.05, 3.63) is 51.9 Å². The summed E-state index contributed by atoms with van der Waals surface area (Å²) in [5.74, 6) is 0.744. The quantitative estimate of drug-likeness (QED) is 0.892. The fourth-order valence-electron chi connectivity index (χ4n) is 2.42. The maximum atomic E-state index is 11.8. The molecule has 0 saturated heterocycles. The molecule has 2 N–H and O–H groups in total. The summed E-state index contributed by atoms with van der Waals surface area (Å²) in [6, 6.07) is 6.20. The zero-order valence-electron chi connectivity index (χ0n) is 13.6. The number of aryl methyl sites for hydroxylation is 4. The summed E-state index contributed by atoms with van der Waals surface area (Å²) in [4.78, 5) is 11.8. The Morgan fingerprint density at radius 1 is 1.18 bits per heavy atom. The number of benzene rings is 1. The first-order valence-corrected chi connectivity index (χ1v) is 7.47. The Bertz CT molecular complexity index is 642. The molecule has 5 heteroatoms. The Balaban J connectivity index is 1.76. The van der Waals surface area contributed by atoms with E-state index in [9.17, 15) is 4.79 Å². The van der Waals surface area contributed by atoms with Crippen LogP contribution in [-0.2, 0) is 13.0 Å². The van der Waals surface area contributed by atoms with Crippen molar-refractivity contribution >= 4 is 6.03 Å². The summed E-state index contributed by atoms with van der Waals surface area (Å²) in [6.45, 7) is 8.92. The third-order valence-electron chi connectivity index (χ3n) is 3.78. The van der Waals surface area contributed by atoms with Gasteiger partial charge in [-0.25, -0.2) is 4.79 Å². The van der Waals surface area contributed by atoms with E-state index < -0.39 is 0 Å². The fourth-order valence-corrected chi connectivity index (χ4v) is 2.42. The van der Waals surface area contributed by atoms with Crippen LogP contribution in [0.4, 0.5) is 4.79 Å². The van der Waals surface area contributed by atoms with E-state index in [2.05, 4.69) is 47.8 Å². The molecule has 0 spiro atoms. The van der Waals surface area contributed by atoms with Gasteiger partial charge in [-0.15, -0.1) is 0 Å². The maximum absolute atomic E-state index is 11.8. The number of rotatable bonds is 5. The van der Waals surface area contributed by atoms with Gasteiger partial charge >= 0.3 is 6.03 Å². The second-order valence-corrected chi connectivity index (χ2v) is 5.59. The monoisotopic (exact) mass is 301 g/mol. The molecule has 0 unspecified atom stereocenters. The molecule has 1 aromatic heterocycles. The van der Waals surface area contributed by atoms with E-state index in [1.165, 1.54) is 16.7 Å². The van der Waals surface area contributed by atoms with Crippen LogP contribution in [0.15, 0.2) is 22.7 Å². The van der Waals surface area contributed by atoms with Gasteiger partial charge in [-0.05, 0) is 45.2 Å². The summed E-state index contributed by atoms with van der Waals surface area (Å²) < 4.78 is 5.07. The van der Waals surface area contributed by atoms with Crippen LogP contribution in [0.3, 0.4) is 0 Å². The lowest BCUT2D eigenvalue weighted by Gasteiger charge is -2.09. The van der Waals surface area contributed by atoms with Gasteiger partial charge in [-0.1, -0.05) is 28.9 Å². The van der Waals surface area contributed by atoms with Crippen molar-refractivity contribution in [1.29, 1.82) is 0 Å². The average molecular weight is 301 g/mol. The molecule has 0 aliphatic carbocycles. The van der Waals surface area contributed by atoms with E-state index in [-0.39, 0.29) is 6.03 Å². The summed E-state index contributed by atoms with van der Waals surface area (Å²) in [5.41, 5.74) is 5.53. The van der Waals surface area contributed by atoms with Crippen molar-refractivity contribution in [3.8, 4) is 0 Å². The molecule has 2 aromatic rings.